The van der Waals surface area contributed by atoms with E-state index in [1.807, 2.05) is 0 Å². The molecule has 0 fully saturated rings. The predicted octanol–water partition coefficient (Wildman–Crippen LogP) is 3.69. The quantitative estimate of drug-likeness (QED) is 0.281. The van der Waals surface area contributed by atoms with Crippen LogP contribution in [0.15, 0.2) is 34.3 Å². The molecule has 0 spiro atoms. The number of carbonyl (C=O) groups excluding carboxylic acids is 1. The van der Waals surface area contributed by atoms with Crippen molar-refractivity contribution in [2.24, 2.45) is 0 Å². The van der Waals surface area contributed by atoms with Gasteiger partial charge in [0, 0.05) is 10.5 Å². The molecule has 3 rings (SSSR count). The van der Waals surface area contributed by atoms with Gasteiger partial charge in [-0.05, 0) is 23.8 Å². The lowest BCUT2D eigenvalue weighted by Crippen LogP contribution is -2.18. The zero-order valence-electron chi connectivity index (χ0n) is 16.4. The summed E-state index contributed by atoms with van der Waals surface area (Å²) in [5.41, 5.74) is -0.313. The molecule has 0 atom stereocenters. The van der Waals surface area contributed by atoms with Crippen molar-refractivity contribution in [3.05, 3.63) is 50.0 Å². The minimum atomic E-state index is -0.830. The van der Waals surface area contributed by atoms with Gasteiger partial charge >= 0.3 is 0 Å². The van der Waals surface area contributed by atoms with E-state index < -0.39 is 10.8 Å². The fraction of sp³-hybridized carbons (Fsp3) is 0.200. The lowest BCUT2D eigenvalue weighted by molar-refractivity contribution is -0.384. The molecule has 160 valence electrons. The normalized spacial score (nSPS) is 12.5. The molecular formula is C20H16BrN3O7. The lowest BCUT2D eigenvalue weighted by Gasteiger charge is -2.19. The van der Waals surface area contributed by atoms with Crippen LogP contribution in [0.2, 0.25) is 0 Å². The van der Waals surface area contributed by atoms with Crippen molar-refractivity contribution in [1.29, 1.82) is 5.26 Å². The van der Waals surface area contributed by atoms with Crippen molar-refractivity contribution in [2.45, 2.75) is 0 Å². The second-order valence-corrected chi connectivity index (χ2v) is 6.98. The topological polar surface area (TPSA) is 133 Å². The van der Waals surface area contributed by atoms with E-state index in [4.69, 9.17) is 18.9 Å². The third-order valence-corrected chi connectivity index (χ3v) is 4.96. The van der Waals surface area contributed by atoms with E-state index in [9.17, 15) is 20.2 Å². The molecule has 1 N–H and O–H groups in total. The van der Waals surface area contributed by atoms with Crippen molar-refractivity contribution < 1.29 is 28.7 Å². The molecule has 10 nitrogen and oxygen atoms in total. The van der Waals surface area contributed by atoms with Crippen LogP contribution >= 0.6 is 15.9 Å². The number of nitrogens with one attached hydrogen (secondary N) is 1. The van der Waals surface area contributed by atoms with Gasteiger partial charge in [0.25, 0.3) is 11.6 Å². The number of rotatable bonds is 6. The molecule has 31 heavy (non-hydrogen) atoms. The number of benzene rings is 2. The van der Waals surface area contributed by atoms with Crippen LogP contribution in [0.3, 0.4) is 0 Å². The van der Waals surface area contributed by atoms with Crippen LogP contribution in [0.5, 0.6) is 23.0 Å². The Bertz CT molecular complexity index is 1120. The van der Waals surface area contributed by atoms with E-state index in [0.717, 1.165) is 0 Å². The van der Waals surface area contributed by atoms with Crippen molar-refractivity contribution in [3.8, 4) is 29.1 Å². The van der Waals surface area contributed by atoms with E-state index in [-0.39, 0.29) is 41.7 Å². The number of methoxy groups -OCH3 is 2. The van der Waals surface area contributed by atoms with Gasteiger partial charge in [0.2, 0.25) is 0 Å². The van der Waals surface area contributed by atoms with E-state index >= 15 is 0 Å². The highest BCUT2D eigenvalue weighted by molar-refractivity contribution is 9.10. The summed E-state index contributed by atoms with van der Waals surface area (Å²) in [5, 5.41) is 23.3. The molecule has 0 aromatic heterocycles. The number of hydrogen-bond acceptors (Lipinski definition) is 8. The van der Waals surface area contributed by atoms with Gasteiger partial charge in [-0.15, -0.1) is 0 Å². The minimum Gasteiger partial charge on any atom is -0.493 e. The number of hydrogen-bond donors (Lipinski definition) is 1. The molecule has 0 aliphatic carbocycles. The summed E-state index contributed by atoms with van der Waals surface area (Å²) in [4.78, 5) is 23.5. The van der Waals surface area contributed by atoms with Crippen LogP contribution in [0.1, 0.15) is 5.56 Å². The third kappa shape index (κ3) is 4.70. The van der Waals surface area contributed by atoms with Crippen LogP contribution in [0.4, 0.5) is 11.4 Å². The zero-order valence-corrected chi connectivity index (χ0v) is 18.0. The summed E-state index contributed by atoms with van der Waals surface area (Å²) in [6.45, 7) is 0.534. The van der Waals surface area contributed by atoms with Gasteiger partial charge in [-0.2, -0.15) is 5.26 Å². The van der Waals surface area contributed by atoms with E-state index in [2.05, 4.69) is 21.2 Å². The molecule has 1 amide bonds. The highest BCUT2D eigenvalue weighted by Gasteiger charge is 2.24. The number of nitro groups is 1. The Morgan fingerprint density at radius 3 is 2.39 bits per heavy atom. The molecule has 1 heterocycles. The first-order chi connectivity index (χ1) is 14.9. The predicted molar refractivity (Wildman–Crippen MR) is 114 cm³/mol. The van der Waals surface area contributed by atoms with Crippen LogP contribution in [0.25, 0.3) is 6.08 Å². The Kier molecular flexibility index (Phi) is 6.61. The Morgan fingerprint density at radius 1 is 1.19 bits per heavy atom. The Hall–Kier alpha value is -3.78. The monoisotopic (exact) mass is 489 g/mol. The van der Waals surface area contributed by atoms with Gasteiger partial charge in [0.15, 0.2) is 23.0 Å². The molecule has 0 bridgehead atoms. The smallest absolute Gasteiger partial charge is 0.296 e. The fourth-order valence-corrected chi connectivity index (χ4v) is 3.24. The molecule has 1 aliphatic rings. The molecule has 0 radical (unpaired) electrons. The van der Waals surface area contributed by atoms with Gasteiger partial charge in [-0.3, -0.25) is 14.9 Å². The number of halogens is 1. The molecule has 2 aromatic carbocycles. The summed E-state index contributed by atoms with van der Waals surface area (Å²) in [7, 11) is 2.94. The van der Waals surface area contributed by atoms with Crippen LogP contribution in [-0.4, -0.2) is 38.3 Å². The lowest BCUT2D eigenvalue weighted by atomic mass is 10.1. The molecule has 0 unspecified atom stereocenters. The highest BCUT2D eigenvalue weighted by Crippen LogP contribution is 2.39. The van der Waals surface area contributed by atoms with Gasteiger partial charge in [0.1, 0.15) is 30.5 Å². The minimum absolute atomic E-state index is 0.119. The molecule has 0 saturated heterocycles. The molecular weight excluding hydrogens is 474 g/mol. The maximum absolute atomic E-state index is 12.7. The number of ether oxygens (including phenoxy) is 4. The number of anilines is 1. The Balaban J connectivity index is 1.96. The summed E-state index contributed by atoms with van der Waals surface area (Å²) < 4.78 is 21.8. The van der Waals surface area contributed by atoms with Gasteiger partial charge in [0.05, 0.1) is 25.2 Å². The zero-order chi connectivity index (χ0) is 22.5. The van der Waals surface area contributed by atoms with Crippen molar-refractivity contribution in [2.75, 3.05) is 32.8 Å². The van der Waals surface area contributed by atoms with Gasteiger partial charge in [-0.25, -0.2) is 0 Å². The third-order valence-electron chi connectivity index (χ3n) is 4.27. The first-order valence-corrected chi connectivity index (χ1v) is 9.60. The fourth-order valence-electron chi connectivity index (χ4n) is 2.80. The number of carbonyl (C=O) groups is 1. The van der Waals surface area contributed by atoms with E-state index in [1.165, 1.54) is 32.4 Å². The molecule has 1 aliphatic heterocycles. The first-order valence-electron chi connectivity index (χ1n) is 8.80. The standard InChI is InChI=1S/C20H16BrN3O7/c1-28-16-6-11(13(21)7-17(16)29-2)5-12(10-22)20(25)23-14-8-18-19(31-4-3-30-18)9-15(14)24(26)27/h5-9H,3-4H2,1-2H3,(H,23,25). The molecule has 2 aromatic rings. The number of fused-ring (bicyclic) bond motifs is 1. The van der Waals surface area contributed by atoms with Gasteiger partial charge < -0.3 is 24.3 Å². The second-order valence-electron chi connectivity index (χ2n) is 6.12. The number of nitrogens with zero attached hydrogens (tertiary/aromatic N) is 2. The summed E-state index contributed by atoms with van der Waals surface area (Å²) in [5.74, 6) is 0.501. The largest absolute Gasteiger partial charge is 0.493 e. The van der Waals surface area contributed by atoms with Crippen molar-refractivity contribution >= 4 is 39.3 Å². The Morgan fingerprint density at radius 2 is 1.81 bits per heavy atom. The highest BCUT2D eigenvalue weighted by atomic mass is 79.9. The Labute approximate surface area is 185 Å². The maximum atomic E-state index is 12.7. The number of nitro benzene ring substituents is 1. The summed E-state index contributed by atoms with van der Waals surface area (Å²) >= 11 is 3.36. The second kappa shape index (κ2) is 9.36. The SMILES string of the molecule is COc1cc(Br)c(C=C(C#N)C(=O)Nc2cc3c(cc2[N+](=O)[O-])OCCO3)cc1OC. The van der Waals surface area contributed by atoms with E-state index in [0.29, 0.717) is 21.5 Å². The van der Waals surface area contributed by atoms with Crippen LogP contribution < -0.4 is 24.3 Å². The summed E-state index contributed by atoms with van der Waals surface area (Å²) in [6.07, 6.45) is 1.32. The van der Waals surface area contributed by atoms with Crippen molar-refractivity contribution in [1.82, 2.24) is 0 Å². The van der Waals surface area contributed by atoms with Crippen molar-refractivity contribution in [3.63, 3.8) is 0 Å². The number of nitriles is 1. The van der Waals surface area contributed by atoms with Crippen LogP contribution in [0, 0.1) is 21.4 Å². The summed E-state index contributed by atoms with van der Waals surface area (Å²) in [6, 6.07) is 7.49. The number of amides is 1. The van der Waals surface area contributed by atoms with Gasteiger partial charge in [-0.1, -0.05) is 15.9 Å². The maximum Gasteiger partial charge on any atom is 0.296 e. The average molecular weight is 490 g/mol. The van der Waals surface area contributed by atoms with Crippen LogP contribution in [-0.2, 0) is 4.79 Å². The molecule has 0 saturated carbocycles. The first kappa shape index (κ1) is 21.9. The van der Waals surface area contributed by atoms with E-state index in [1.54, 1.807) is 18.2 Å². The molecule has 11 heteroatoms. The average Bonchev–Trinajstić information content (AvgIpc) is 2.77.